The molecule has 2 rings (SSSR count). The van der Waals surface area contributed by atoms with E-state index < -0.39 is 12.0 Å². The Balaban J connectivity index is 1.79. The van der Waals surface area contributed by atoms with Gasteiger partial charge in [0.05, 0.1) is 0 Å². The second-order valence-electron chi connectivity index (χ2n) is 4.35. The van der Waals surface area contributed by atoms with Crippen LogP contribution in [0.2, 0.25) is 0 Å². The van der Waals surface area contributed by atoms with Crippen molar-refractivity contribution in [3.05, 3.63) is 12.7 Å². The fourth-order valence-electron chi connectivity index (χ4n) is 2.21. The zero-order valence-electron chi connectivity index (χ0n) is 10.0. The van der Waals surface area contributed by atoms with Crippen molar-refractivity contribution in [2.75, 3.05) is 6.54 Å². The van der Waals surface area contributed by atoms with Gasteiger partial charge in [0.2, 0.25) is 5.91 Å². The van der Waals surface area contributed by atoms with Gasteiger partial charge in [0, 0.05) is 19.5 Å². The minimum atomic E-state index is -0.905. The molecule has 18 heavy (non-hydrogen) atoms. The van der Waals surface area contributed by atoms with Crippen LogP contribution in [-0.2, 0) is 16.1 Å². The lowest BCUT2D eigenvalue weighted by molar-refractivity contribution is -0.148. The van der Waals surface area contributed by atoms with Crippen LogP contribution in [0.15, 0.2) is 12.7 Å². The molecule has 1 saturated heterocycles. The average Bonchev–Trinajstić information content (AvgIpc) is 2.99. The highest BCUT2D eigenvalue weighted by atomic mass is 16.4. The van der Waals surface area contributed by atoms with Crippen LogP contribution in [0.4, 0.5) is 0 Å². The van der Waals surface area contributed by atoms with Crippen LogP contribution in [0.5, 0.6) is 0 Å². The lowest BCUT2D eigenvalue weighted by atomic mass is 10.2. The molecule has 1 N–H and O–H groups in total. The fraction of sp³-hybridized carbons (Fsp3) is 0.636. The Kier molecular flexibility index (Phi) is 3.91. The van der Waals surface area contributed by atoms with Crippen molar-refractivity contribution in [2.45, 2.75) is 38.3 Å². The Bertz CT molecular complexity index is 418. The SMILES string of the molecule is O=C(O)[C@H]1CCCN1C(=O)CCCn1cncn1. The molecule has 7 nitrogen and oxygen atoms in total. The third-order valence-electron chi connectivity index (χ3n) is 3.10. The number of hydrogen-bond acceptors (Lipinski definition) is 4. The van der Waals surface area contributed by atoms with Gasteiger partial charge in [-0.2, -0.15) is 5.10 Å². The van der Waals surface area contributed by atoms with E-state index in [0.717, 1.165) is 6.42 Å². The van der Waals surface area contributed by atoms with Gasteiger partial charge in [-0.15, -0.1) is 0 Å². The van der Waals surface area contributed by atoms with Gasteiger partial charge in [-0.1, -0.05) is 0 Å². The summed E-state index contributed by atoms with van der Waals surface area (Å²) in [4.78, 5) is 28.2. The topological polar surface area (TPSA) is 88.3 Å². The minimum Gasteiger partial charge on any atom is -0.480 e. The maximum Gasteiger partial charge on any atom is 0.326 e. The summed E-state index contributed by atoms with van der Waals surface area (Å²) in [7, 11) is 0. The number of carbonyl (C=O) groups is 2. The number of amides is 1. The van der Waals surface area contributed by atoms with Crippen molar-refractivity contribution in [3.8, 4) is 0 Å². The second kappa shape index (κ2) is 5.61. The number of carboxylic acid groups (broad SMARTS) is 1. The van der Waals surface area contributed by atoms with Crippen molar-refractivity contribution in [2.24, 2.45) is 0 Å². The first-order chi connectivity index (χ1) is 8.68. The first-order valence-corrected chi connectivity index (χ1v) is 6.03. The molecule has 1 atom stereocenters. The molecule has 0 aliphatic carbocycles. The molecule has 1 fully saturated rings. The first kappa shape index (κ1) is 12.5. The number of aliphatic carboxylic acids is 1. The number of rotatable bonds is 5. The molecular formula is C11H16N4O3. The van der Waals surface area contributed by atoms with Gasteiger partial charge in [-0.05, 0) is 19.3 Å². The Morgan fingerprint density at radius 1 is 1.44 bits per heavy atom. The molecule has 7 heteroatoms. The highest BCUT2D eigenvalue weighted by Crippen LogP contribution is 2.18. The molecule has 0 bridgehead atoms. The Labute approximate surface area is 104 Å². The molecule has 1 amide bonds. The van der Waals surface area contributed by atoms with E-state index in [9.17, 15) is 9.59 Å². The van der Waals surface area contributed by atoms with Crippen LogP contribution >= 0.6 is 0 Å². The molecule has 2 heterocycles. The van der Waals surface area contributed by atoms with E-state index in [-0.39, 0.29) is 5.91 Å². The quantitative estimate of drug-likeness (QED) is 0.805. The predicted molar refractivity (Wildman–Crippen MR) is 61.6 cm³/mol. The molecule has 1 aliphatic heterocycles. The lowest BCUT2D eigenvalue weighted by Gasteiger charge is -2.21. The van der Waals surface area contributed by atoms with Crippen molar-refractivity contribution in [3.63, 3.8) is 0 Å². The summed E-state index contributed by atoms with van der Waals surface area (Å²) in [6.45, 7) is 1.18. The smallest absolute Gasteiger partial charge is 0.326 e. The molecule has 0 saturated carbocycles. The number of aromatic nitrogens is 3. The van der Waals surface area contributed by atoms with Gasteiger partial charge in [0.15, 0.2) is 0 Å². The summed E-state index contributed by atoms with van der Waals surface area (Å²) < 4.78 is 1.66. The zero-order chi connectivity index (χ0) is 13.0. The van der Waals surface area contributed by atoms with E-state index in [1.807, 2.05) is 0 Å². The largest absolute Gasteiger partial charge is 0.480 e. The Morgan fingerprint density at radius 2 is 2.28 bits per heavy atom. The van der Waals surface area contributed by atoms with Crippen LogP contribution in [0, 0.1) is 0 Å². The first-order valence-electron chi connectivity index (χ1n) is 6.03. The fourth-order valence-corrected chi connectivity index (χ4v) is 2.21. The van der Waals surface area contributed by atoms with Crippen molar-refractivity contribution < 1.29 is 14.7 Å². The van der Waals surface area contributed by atoms with Gasteiger partial charge >= 0.3 is 5.97 Å². The third kappa shape index (κ3) is 2.85. The van der Waals surface area contributed by atoms with Crippen molar-refractivity contribution in [1.82, 2.24) is 19.7 Å². The van der Waals surface area contributed by atoms with Crippen molar-refractivity contribution in [1.29, 1.82) is 0 Å². The maximum atomic E-state index is 11.9. The van der Waals surface area contributed by atoms with E-state index in [2.05, 4.69) is 10.1 Å². The third-order valence-corrected chi connectivity index (χ3v) is 3.10. The van der Waals surface area contributed by atoms with Gasteiger partial charge in [0.1, 0.15) is 18.7 Å². The van der Waals surface area contributed by atoms with Gasteiger partial charge in [0.25, 0.3) is 0 Å². The van der Waals surface area contributed by atoms with Gasteiger partial charge < -0.3 is 10.0 Å². The van der Waals surface area contributed by atoms with E-state index in [0.29, 0.717) is 32.4 Å². The average molecular weight is 252 g/mol. The number of hydrogen-bond donors (Lipinski definition) is 1. The molecule has 0 aromatic carbocycles. The predicted octanol–water partition coefficient (Wildman–Crippen LogP) is 0.134. The van der Waals surface area contributed by atoms with E-state index in [1.165, 1.54) is 11.2 Å². The van der Waals surface area contributed by atoms with Crippen LogP contribution in [0.3, 0.4) is 0 Å². The van der Waals surface area contributed by atoms with Crippen LogP contribution in [0.25, 0.3) is 0 Å². The minimum absolute atomic E-state index is 0.0833. The zero-order valence-corrected chi connectivity index (χ0v) is 10.0. The summed E-state index contributed by atoms with van der Waals surface area (Å²) >= 11 is 0. The summed E-state index contributed by atoms with van der Waals surface area (Å²) in [6.07, 6.45) is 5.37. The second-order valence-corrected chi connectivity index (χ2v) is 4.35. The summed E-state index contributed by atoms with van der Waals surface area (Å²) in [5.74, 6) is -0.989. The molecular weight excluding hydrogens is 236 g/mol. The number of aryl methyl sites for hydroxylation is 1. The summed E-state index contributed by atoms with van der Waals surface area (Å²) in [5, 5.41) is 12.9. The van der Waals surface area contributed by atoms with Crippen LogP contribution in [-0.4, -0.2) is 49.2 Å². The van der Waals surface area contributed by atoms with Crippen LogP contribution in [0.1, 0.15) is 25.7 Å². The molecule has 1 aromatic rings. The number of carboxylic acids is 1. The Hall–Kier alpha value is -1.92. The Morgan fingerprint density at radius 3 is 2.94 bits per heavy atom. The normalized spacial score (nSPS) is 19.1. The van der Waals surface area contributed by atoms with Crippen molar-refractivity contribution >= 4 is 11.9 Å². The van der Waals surface area contributed by atoms with Crippen LogP contribution < -0.4 is 0 Å². The molecule has 1 aliphatic rings. The highest BCUT2D eigenvalue weighted by Gasteiger charge is 2.33. The van der Waals surface area contributed by atoms with Gasteiger partial charge in [-0.25, -0.2) is 9.78 Å². The maximum absolute atomic E-state index is 11.9. The lowest BCUT2D eigenvalue weighted by Crippen LogP contribution is -2.40. The molecule has 0 spiro atoms. The molecule has 98 valence electrons. The number of likely N-dealkylation sites (tertiary alicyclic amines) is 1. The highest BCUT2D eigenvalue weighted by molar-refractivity contribution is 5.84. The van der Waals surface area contributed by atoms with E-state index in [1.54, 1.807) is 11.0 Å². The van der Waals surface area contributed by atoms with E-state index >= 15 is 0 Å². The number of nitrogens with zero attached hydrogens (tertiary/aromatic N) is 4. The van der Waals surface area contributed by atoms with E-state index in [4.69, 9.17) is 5.11 Å². The summed E-state index contributed by atoms with van der Waals surface area (Å²) in [5.41, 5.74) is 0. The monoisotopic (exact) mass is 252 g/mol. The summed E-state index contributed by atoms with van der Waals surface area (Å²) in [6, 6.07) is -0.635. The standard InChI is InChI=1S/C11H16N4O3/c16-10(4-2-5-14-8-12-7-13-14)15-6-1-3-9(15)11(17)18/h7-9H,1-6H2,(H,17,18)/t9-/m1/s1. The molecule has 1 aromatic heterocycles. The molecule has 0 radical (unpaired) electrons. The number of carbonyl (C=O) groups excluding carboxylic acids is 1. The molecule has 0 unspecified atom stereocenters. The van der Waals surface area contributed by atoms with Gasteiger partial charge in [-0.3, -0.25) is 9.48 Å².